The lowest BCUT2D eigenvalue weighted by Gasteiger charge is -2.26. The van der Waals surface area contributed by atoms with Crippen molar-refractivity contribution in [2.45, 2.75) is 6.92 Å². The monoisotopic (exact) mass is 556 g/mol. The predicted octanol–water partition coefficient (Wildman–Crippen LogP) is 3.92. The molecule has 0 bridgehead atoms. The van der Waals surface area contributed by atoms with Gasteiger partial charge in [-0.05, 0) is 56.9 Å². The number of hydrogen-bond donors (Lipinski definition) is 3. The molecule has 2 aromatic carbocycles. The molecule has 11 nitrogen and oxygen atoms in total. The largest absolute Gasteiger partial charge is 0.494 e. The molecule has 4 N–H and O–H groups in total. The van der Waals surface area contributed by atoms with Gasteiger partial charge in [-0.1, -0.05) is 6.58 Å². The molecular weight excluding hydrogens is 520 g/mol. The Morgan fingerprint density at radius 2 is 1.90 bits per heavy atom. The molecule has 4 rings (SSSR count). The molecule has 41 heavy (non-hydrogen) atoms. The van der Waals surface area contributed by atoms with E-state index in [0.29, 0.717) is 34.3 Å². The topological polar surface area (TPSA) is 131 Å². The van der Waals surface area contributed by atoms with Crippen LogP contribution in [0.1, 0.15) is 15.9 Å². The molecule has 0 saturated carbocycles. The number of anilines is 4. The third-order valence-corrected chi connectivity index (χ3v) is 6.79. The van der Waals surface area contributed by atoms with Crippen LogP contribution in [0.5, 0.6) is 5.75 Å². The first-order chi connectivity index (χ1) is 19.5. The van der Waals surface area contributed by atoms with Gasteiger partial charge in [-0.2, -0.15) is 0 Å². The highest BCUT2D eigenvalue weighted by atomic mass is 16.5. The van der Waals surface area contributed by atoms with Crippen LogP contribution in [0.15, 0.2) is 55.4 Å². The SMILES string of the molecule is C=CC(=O)Nc1cc(Nc2nccc(-c3cc(C(N)=O)c4c(c3)c(C)cn4C)n2)c(OC)cc1N(C)CCN(C)C. The van der Waals surface area contributed by atoms with Gasteiger partial charge in [-0.25, -0.2) is 9.97 Å². The number of carbonyl (C=O) groups is 2. The van der Waals surface area contributed by atoms with E-state index in [0.717, 1.165) is 40.8 Å². The van der Waals surface area contributed by atoms with Gasteiger partial charge in [-0.3, -0.25) is 9.59 Å². The summed E-state index contributed by atoms with van der Waals surface area (Å²) in [5, 5.41) is 7.04. The van der Waals surface area contributed by atoms with Crippen molar-refractivity contribution >= 4 is 45.7 Å². The maximum atomic E-state index is 12.3. The molecule has 0 spiro atoms. The Balaban J connectivity index is 1.74. The average molecular weight is 557 g/mol. The minimum atomic E-state index is -0.514. The number of nitrogens with two attached hydrogens (primary N) is 1. The van der Waals surface area contributed by atoms with E-state index in [1.165, 1.54) is 6.08 Å². The summed E-state index contributed by atoms with van der Waals surface area (Å²) < 4.78 is 7.60. The van der Waals surface area contributed by atoms with Gasteiger partial charge < -0.3 is 35.5 Å². The van der Waals surface area contributed by atoms with Crippen LogP contribution in [0.25, 0.3) is 22.2 Å². The quantitative estimate of drug-likeness (QED) is 0.237. The summed E-state index contributed by atoms with van der Waals surface area (Å²) in [4.78, 5) is 37.8. The highest BCUT2D eigenvalue weighted by molar-refractivity contribution is 6.08. The minimum Gasteiger partial charge on any atom is -0.494 e. The molecule has 4 aromatic rings. The summed E-state index contributed by atoms with van der Waals surface area (Å²) in [6.45, 7) is 7.10. The van der Waals surface area contributed by atoms with Crippen molar-refractivity contribution in [2.75, 3.05) is 56.9 Å². The summed E-state index contributed by atoms with van der Waals surface area (Å²) in [6, 6.07) is 9.14. The fourth-order valence-electron chi connectivity index (χ4n) is 4.68. The molecule has 0 fully saturated rings. The van der Waals surface area contributed by atoms with Crippen LogP contribution in [0, 0.1) is 6.92 Å². The Hall–Kier alpha value is -4.90. The Bertz CT molecular complexity index is 1630. The average Bonchev–Trinajstić information content (AvgIpc) is 3.24. The third-order valence-electron chi connectivity index (χ3n) is 6.79. The Morgan fingerprint density at radius 1 is 1.15 bits per heavy atom. The second-order valence-corrected chi connectivity index (χ2v) is 10.1. The van der Waals surface area contributed by atoms with E-state index < -0.39 is 5.91 Å². The normalized spacial score (nSPS) is 11.0. The zero-order valence-electron chi connectivity index (χ0n) is 24.3. The summed E-state index contributed by atoms with van der Waals surface area (Å²) >= 11 is 0. The van der Waals surface area contributed by atoms with Crippen molar-refractivity contribution in [1.82, 2.24) is 19.4 Å². The van der Waals surface area contributed by atoms with Crippen LogP contribution < -0.4 is 26.0 Å². The molecule has 2 amide bonds. The van der Waals surface area contributed by atoms with Crippen molar-refractivity contribution in [2.24, 2.45) is 12.8 Å². The molecule has 0 unspecified atom stereocenters. The fourth-order valence-corrected chi connectivity index (χ4v) is 4.68. The summed E-state index contributed by atoms with van der Waals surface area (Å²) in [7, 11) is 9.42. The lowest BCUT2D eigenvalue weighted by atomic mass is 10.0. The number of hydrogen-bond acceptors (Lipinski definition) is 8. The van der Waals surface area contributed by atoms with E-state index in [1.807, 2.05) is 62.9 Å². The van der Waals surface area contributed by atoms with Gasteiger partial charge in [0.15, 0.2) is 0 Å². The number of aromatic nitrogens is 3. The van der Waals surface area contributed by atoms with E-state index in [9.17, 15) is 9.59 Å². The maximum absolute atomic E-state index is 12.3. The van der Waals surface area contributed by atoms with Crippen LogP contribution >= 0.6 is 0 Å². The van der Waals surface area contributed by atoms with Gasteiger partial charge in [0.25, 0.3) is 5.91 Å². The van der Waals surface area contributed by atoms with Gasteiger partial charge in [-0.15, -0.1) is 0 Å². The molecule has 0 radical (unpaired) electrons. The molecule has 2 heterocycles. The van der Waals surface area contributed by atoms with E-state index in [2.05, 4.69) is 27.1 Å². The number of nitrogens with one attached hydrogen (secondary N) is 2. The van der Waals surface area contributed by atoms with Crippen molar-refractivity contribution in [3.63, 3.8) is 0 Å². The number of methoxy groups -OCH3 is 1. The van der Waals surface area contributed by atoms with Crippen LogP contribution in [-0.2, 0) is 11.8 Å². The number of fused-ring (bicyclic) bond motifs is 1. The molecule has 0 atom stereocenters. The van der Waals surface area contributed by atoms with Crippen LogP contribution in [0.4, 0.5) is 23.0 Å². The first-order valence-corrected chi connectivity index (χ1v) is 13.0. The minimum absolute atomic E-state index is 0.306. The van der Waals surface area contributed by atoms with E-state index >= 15 is 0 Å². The first-order valence-electron chi connectivity index (χ1n) is 13.0. The van der Waals surface area contributed by atoms with Crippen LogP contribution in [0.3, 0.4) is 0 Å². The van der Waals surface area contributed by atoms with Gasteiger partial charge in [0, 0.05) is 56.6 Å². The maximum Gasteiger partial charge on any atom is 0.250 e. The fraction of sp³-hybridized carbons (Fsp3) is 0.267. The van der Waals surface area contributed by atoms with E-state index in [1.54, 1.807) is 31.5 Å². The smallest absolute Gasteiger partial charge is 0.250 e. The number of rotatable bonds is 11. The summed E-state index contributed by atoms with van der Waals surface area (Å²) in [5.41, 5.74) is 11.2. The van der Waals surface area contributed by atoms with Gasteiger partial charge in [0.1, 0.15) is 5.75 Å². The predicted molar refractivity (Wildman–Crippen MR) is 164 cm³/mol. The van der Waals surface area contributed by atoms with Crippen LogP contribution in [0.2, 0.25) is 0 Å². The summed E-state index contributed by atoms with van der Waals surface area (Å²) in [5.74, 6) is -0.000856. The Morgan fingerprint density at radius 3 is 2.56 bits per heavy atom. The molecule has 0 aliphatic heterocycles. The number of nitrogens with zero attached hydrogens (tertiary/aromatic N) is 5. The van der Waals surface area contributed by atoms with Gasteiger partial charge in [0.05, 0.1) is 40.9 Å². The van der Waals surface area contributed by atoms with E-state index in [-0.39, 0.29) is 5.91 Å². The molecule has 214 valence electrons. The number of amides is 2. The van der Waals surface area contributed by atoms with Crippen molar-refractivity contribution in [3.05, 3.63) is 66.5 Å². The zero-order chi connectivity index (χ0) is 29.8. The number of carbonyl (C=O) groups excluding carboxylic acids is 2. The second kappa shape index (κ2) is 12.1. The molecule has 11 heteroatoms. The Kier molecular flexibility index (Phi) is 8.58. The Labute approximate surface area is 239 Å². The van der Waals surface area contributed by atoms with Crippen molar-refractivity contribution in [1.29, 1.82) is 0 Å². The standard InChI is InChI=1S/C30H36N8O3/c1-8-27(39)33-23-15-24(26(41-7)16-25(23)37(5)12-11-36(3)4)35-30-32-10-9-22(34-30)19-13-20-18(2)17-38(6)28(20)21(14-19)29(31)40/h8-10,13-17H,1,11-12H2,2-7H3,(H2,31,40)(H,33,39)(H,32,34,35). The zero-order valence-corrected chi connectivity index (χ0v) is 24.3. The molecule has 0 saturated heterocycles. The van der Waals surface area contributed by atoms with Gasteiger partial charge >= 0.3 is 0 Å². The highest BCUT2D eigenvalue weighted by Gasteiger charge is 2.18. The first kappa shape index (κ1) is 29.1. The number of benzene rings is 2. The van der Waals surface area contributed by atoms with Gasteiger partial charge in [0.2, 0.25) is 11.9 Å². The lowest BCUT2D eigenvalue weighted by Crippen LogP contribution is -2.29. The third kappa shape index (κ3) is 6.30. The lowest BCUT2D eigenvalue weighted by molar-refractivity contribution is -0.111. The second-order valence-electron chi connectivity index (χ2n) is 10.1. The number of ether oxygens (including phenoxy) is 1. The highest BCUT2D eigenvalue weighted by Crippen LogP contribution is 2.38. The summed E-state index contributed by atoms with van der Waals surface area (Å²) in [6.07, 6.45) is 4.82. The molecule has 0 aliphatic carbocycles. The number of likely N-dealkylation sites (N-methyl/N-ethyl adjacent to an activating group) is 2. The van der Waals surface area contributed by atoms with Crippen molar-refractivity contribution in [3.8, 4) is 17.0 Å². The van der Waals surface area contributed by atoms with Crippen LogP contribution in [-0.4, -0.2) is 72.6 Å². The molecule has 2 aromatic heterocycles. The van der Waals surface area contributed by atoms with Crippen molar-refractivity contribution < 1.29 is 14.3 Å². The number of aryl methyl sites for hydroxylation is 2. The van der Waals surface area contributed by atoms with E-state index in [4.69, 9.17) is 15.5 Å². The number of primary amides is 1. The molecule has 0 aliphatic rings. The molecular formula is C30H36N8O3.